The second-order valence-corrected chi connectivity index (χ2v) is 13.4. The summed E-state index contributed by atoms with van der Waals surface area (Å²) in [6.07, 6.45) is 2.05. The standard InChI is InChI=1S/C37H32N2S2/c1-3-27-19-23-30(24-20-27)36(31-25-21-28(4-2)22-26-31)33-17-11-12-18-34(33)37(41-36)39(32-15-9-6-10-16-32)38-35(40-37)29-13-7-5-8-14-29/h5-26H,3-4H2,1-2H3/t37-/m0/s1. The van der Waals surface area contributed by atoms with Crippen molar-refractivity contribution in [2.24, 2.45) is 5.10 Å². The van der Waals surface area contributed by atoms with E-state index in [-0.39, 0.29) is 0 Å². The van der Waals surface area contributed by atoms with Crippen LogP contribution in [0.25, 0.3) is 0 Å². The van der Waals surface area contributed by atoms with Gasteiger partial charge in [0, 0.05) is 11.1 Å². The quantitative estimate of drug-likeness (QED) is 0.203. The van der Waals surface area contributed by atoms with Crippen molar-refractivity contribution in [3.63, 3.8) is 0 Å². The van der Waals surface area contributed by atoms with Gasteiger partial charge in [0.15, 0.2) is 4.20 Å². The molecule has 0 aliphatic carbocycles. The molecule has 2 nitrogen and oxygen atoms in total. The lowest BCUT2D eigenvalue weighted by Gasteiger charge is -2.37. The van der Waals surface area contributed by atoms with E-state index in [0.29, 0.717) is 0 Å². The lowest BCUT2D eigenvalue weighted by atomic mass is 9.81. The van der Waals surface area contributed by atoms with E-state index in [2.05, 4.69) is 152 Å². The average Bonchev–Trinajstić information content (AvgIpc) is 3.59. The maximum absolute atomic E-state index is 5.36. The molecule has 202 valence electrons. The molecule has 0 saturated heterocycles. The molecule has 2 aliphatic heterocycles. The van der Waals surface area contributed by atoms with Crippen molar-refractivity contribution in [3.8, 4) is 0 Å². The van der Waals surface area contributed by atoms with Gasteiger partial charge < -0.3 is 0 Å². The van der Waals surface area contributed by atoms with Crippen LogP contribution in [0.1, 0.15) is 52.8 Å². The minimum atomic E-state index is -0.490. The van der Waals surface area contributed by atoms with Gasteiger partial charge in [-0.3, -0.25) is 0 Å². The van der Waals surface area contributed by atoms with E-state index in [1.165, 1.54) is 33.4 Å². The number of hydrogen-bond donors (Lipinski definition) is 0. The monoisotopic (exact) mass is 568 g/mol. The molecule has 41 heavy (non-hydrogen) atoms. The normalized spacial score (nSPS) is 18.9. The molecule has 2 heterocycles. The summed E-state index contributed by atoms with van der Waals surface area (Å²) in [6.45, 7) is 4.44. The zero-order valence-electron chi connectivity index (χ0n) is 23.3. The molecule has 0 fully saturated rings. The summed E-state index contributed by atoms with van der Waals surface area (Å²) in [5.74, 6) is 0. The highest BCUT2D eigenvalue weighted by atomic mass is 32.2. The number of hydrogen-bond acceptors (Lipinski definition) is 4. The third-order valence-corrected chi connectivity index (χ3v) is 11.5. The number of anilines is 1. The van der Waals surface area contributed by atoms with Gasteiger partial charge in [0.1, 0.15) is 5.04 Å². The van der Waals surface area contributed by atoms with E-state index in [4.69, 9.17) is 5.10 Å². The highest BCUT2D eigenvalue weighted by Gasteiger charge is 2.61. The van der Waals surface area contributed by atoms with Crippen LogP contribution in [-0.4, -0.2) is 5.04 Å². The minimum absolute atomic E-state index is 0.406. The summed E-state index contributed by atoms with van der Waals surface area (Å²) in [5, 5.41) is 8.67. The van der Waals surface area contributed by atoms with Gasteiger partial charge in [-0.1, -0.05) is 159 Å². The maximum atomic E-state index is 5.36. The van der Waals surface area contributed by atoms with Crippen LogP contribution in [0.15, 0.2) is 139 Å². The van der Waals surface area contributed by atoms with Crippen molar-refractivity contribution in [2.75, 3.05) is 5.01 Å². The largest absolute Gasteiger partial charge is 0.233 e. The van der Waals surface area contributed by atoms with Crippen molar-refractivity contribution in [2.45, 2.75) is 35.6 Å². The smallest absolute Gasteiger partial charge is 0.187 e. The summed E-state index contributed by atoms with van der Waals surface area (Å²) >= 11 is 3.87. The number of rotatable bonds is 6. The second-order valence-electron chi connectivity index (χ2n) is 10.5. The van der Waals surface area contributed by atoms with E-state index >= 15 is 0 Å². The van der Waals surface area contributed by atoms with Gasteiger partial charge in [0.2, 0.25) is 0 Å². The van der Waals surface area contributed by atoms with Crippen LogP contribution >= 0.6 is 23.5 Å². The van der Waals surface area contributed by atoms with Crippen LogP contribution in [-0.2, 0) is 21.8 Å². The van der Waals surface area contributed by atoms with E-state index in [0.717, 1.165) is 29.1 Å². The topological polar surface area (TPSA) is 15.6 Å². The van der Waals surface area contributed by atoms with Gasteiger partial charge in [-0.15, -0.1) is 0 Å². The first-order valence-corrected chi connectivity index (χ1v) is 16.0. The number of fused-ring (bicyclic) bond motifs is 2. The van der Waals surface area contributed by atoms with Crippen LogP contribution in [0.4, 0.5) is 5.69 Å². The maximum Gasteiger partial charge on any atom is 0.187 e. The molecule has 5 aromatic carbocycles. The summed E-state index contributed by atoms with van der Waals surface area (Å²) in [5.41, 5.74) is 10.2. The Morgan fingerprint density at radius 3 is 1.66 bits per heavy atom. The Kier molecular flexibility index (Phi) is 6.76. The van der Waals surface area contributed by atoms with Crippen LogP contribution in [0.3, 0.4) is 0 Å². The predicted molar refractivity (Wildman–Crippen MR) is 177 cm³/mol. The predicted octanol–water partition coefficient (Wildman–Crippen LogP) is 9.58. The van der Waals surface area contributed by atoms with Gasteiger partial charge in [0.05, 0.1) is 10.4 Å². The Labute approximate surface area is 251 Å². The average molecular weight is 569 g/mol. The van der Waals surface area contributed by atoms with Gasteiger partial charge in [-0.25, -0.2) is 5.01 Å². The Morgan fingerprint density at radius 2 is 1.10 bits per heavy atom. The van der Waals surface area contributed by atoms with Gasteiger partial charge in [-0.05, 0) is 52.8 Å². The fourth-order valence-electron chi connectivity index (χ4n) is 6.01. The Hall–Kier alpha value is -3.73. The molecular formula is C37H32N2S2. The number of para-hydroxylation sites is 1. The van der Waals surface area contributed by atoms with Crippen LogP contribution in [0.5, 0.6) is 0 Å². The Bertz CT molecular complexity index is 1650. The molecule has 0 bridgehead atoms. The van der Waals surface area contributed by atoms with Crippen LogP contribution in [0, 0.1) is 0 Å². The molecule has 0 amide bonds. The first kappa shape index (κ1) is 26.2. The number of hydrazone groups is 1. The SMILES string of the molecule is CCc1ccc(C2(c3ccc(CC)cc3)S[C@@]3(SC(c4ccccc4)=NN3c3ccccc3)c3ccccc32)cc1. The molecule has 1 spiro atoms. The summed E-state index contributed by atoms with van der Waals surface area (Å²) < 4.78 is -0.896. The second kappa shape index (κ2) is 10.6. The highest BCUT2D eigenvalue weighted by molar-refractivity contribution is 8.26. The zero-order chi connectivity index (χ0) is 27.9. The van der Waals surface area contributed by atoms with Gasteiger partial charge >= 0.3 is 0 Å². The molecule has 5 aromatic rings. The lowest BCUT2D eigenvalue weighted by molar-refractivity contribution is 0.806. The first-order chi connectivity index (χ1) is 20.2. The van der Waals surface area contributed by atoms with E-state index in [1.807, 2.05) is 23.5 Å². The fourth-order valence-corrected chi connectivity index (χ4v) is 9.68. The zero-order valence-corrected chi connectivity index (χ0v) is 25.0. The molecule has 2 aliphatic rings. The van der Waals surface area contributed by atoms with Crippen LogP contribution < -0.4 is 5.01 Å². The molecule has 0 saturated carbocycles. The van der Waals surface area contributed by atoms with Gasteiger partial charge in [0.25, 0.3) is 0 Å². The summed E-state index contributed by atoms with van der Waals surface area (Å²) in [7, 11) is 0. The van der Waals surface area contributed by atoms with Crippen molar-refractivity contribution in [1.82, 2.24) is 0 Å². The molecule has 7 rings (SSSR count). The Morgan fingerprint density at radius 1 is 0.585 bits per heavy atom. The number of nitrogens with zero attached hydrogens (tertiary/aromatic N) is 2. The third kappa shape index (κ3) is 4.24. The van der Waals surface area contributed by atoms with Crippen molar-refractivity contribution >= 4 is 34.3 Å². The molecule has 0 unspecified atom stereocenters. The van der Waals surface area contributed by atoms with E-state index < -0.39 is 8.95 Å². The molecule has 1 atom stereocenters. The lowest BCUT2D eigenvalue weighted by Crippen LogP contribution is -2.34. The minimum Gasteiger partial charge on any atom is -0.233 e. The van der Waals surface area contributed by atoms with E-state index in [9.17, 15) is 0 Å². The molecule has 0 N–H and O–H groups in total. The first-order valence-electron chi connectivity index (χ1n) is 14.4. The molecule has 0 aromatic heterocycles. The summed E-state index contributed by atoms with van der Waals surface area (Å²) in [6, 6.07) is 48.9. The van der Waals surface area contributed by atoms with Crippen LogP contribution in [0.2, 0.25) is 0 Å². The number of benzene rings is 5. The molecular weight excluding hydrogens is 537 g/mol. The Balaban J connectivity index is 1.49. The number of aryl methyl sites for hydroxylation is 2. The van der Waals surface area contributed by atoms with E-state index in [1.54, 1.807) is 0 Å². The third-order valence-electron chi connectivity index (χ3n) is 8.20. The number of thioether (sulfide) groups is 2. The van der Waals surface area contributed by atoms with Crippen molar-refractivity contribution in [1.29, 1.82) is 0 Å². The molecule has 0 radical (unpaired) electrons. The van der Waals surface area contributed by atoms with Gasteiger partial charge in [-0.2, -0.15) is 5.10 Å². The molecule has 4 heteroatoms. The summed E-state index contributed by atoms with van der Waals surface area (Å²) in [4.78, 5) is 0. The van der Waals surface area contributed by atoms with Crippen molar-refractivity contribution in [3.05, 3.63) is 172 Å². The fraction of sp³-hybridized carbons (Fsp3) is 0.162. The highest BCUT2D eigenvalue weighted by Crippen LogP contribution is 2.71. The van der Waals surface area contributed by atoms with Crippen molar-refractivity contribution < 1.29 is 0 Å².